The number of hydrogen-bond donors (Lipinski definition) is 0. The van der Waals surface area contributed by atoms with Crippen LogP contribution < -0.4 is 0 Å². The van der Waals surface area contributed by atoms with Crippen molar-refractivity contribution in [1.82, 2.24) is 0 Å². The minimum Gasteiger partial charge on any atom is -0.144 e. The molecule has 0 saturated carbocycles. The van der Waals surface area contributed by atoms with Crippen molar-refractivity contribution >= 4 is 11.8 Å². The van der Waals surface area contributed by atoms with Crippen LogP contribution in [0, 0.1) is 0 Å². The van der Waals surface area contributed by atoms with E-state index in [-0.39, 0.29) is 0 Å². The van der Waals surface area contributed by atoms with E-state index >= 15 is 0 Å². The Hall–Kier alpha value is -0.170. The molecule has 0 aromatic rings. The molecule has 8 heavy (non-hydrogen) atoms. The van der Waals surface area contributed by atoms with Crippen LogP contribution in [0.2, 0.25) is 0 Å². The number of rotatable bonds is 0. The molecule has 2 rings (SSSR count). The maximum atomic E-state index is 2.34. The molecular weight excluding hydrogens is 116 g/mol. The molecule has 1 heteroatoms. The number of hydrogen-bond acceptors (Lipinski definition) is 1. The van der Waals surface area contributed by atoms with Crippen LogP contribution in [-0.4, -0.2) is 10.5 Å². The molecule has 2 aliphatic rings. The van der Waals surface area contributed by atoms with E-state index in [4.69, 9.17) is 0 Å². The Labute approximate surface area is 53.7 Å². The van der Waals surface area contributed by atoms with Crippen LogP contribution in [0.4, 0.5) is 0 Å². The van der Waals surface area contributed by atoms with Crippen molar-refractivity contribution in [2.45, 2.75) is 17.4 Å². The number of fused-ring (bicyclic) bond motifs is 1. The van der Waals surface area contributed by atoms with Crippen molar-refractivity contribution in [2.75, 3.05) is 0 Å². The van der Waals surface area contributed by atoms with Gasteiger partial charge in [-0.1, -0.05) is 23.8 Å². The van der Waals surface area contributed by atoms with E-state index in [0.29, 0.717) is 0 Å². The quantitative estimate of drug-likeness (QED) is 0.445. The van der Waals surface area contributed by atoms with Gasteiger partial charge in [-0.05, 0) is 6.92 Å². The summed E-state index contributed by atoms with van der Waals surface area (Å²) in [7, 11) is 0. The maximum Gasteiger partial charge on any atom is 0.0393 e. The molecule has 1 aliphatic carbocycles. The Morgan fingerprint density at radius 3 is 3.00 bits per heavy atom. The second-order valence-electron chi connectivity index (χ2n) is 2.34. The van der Waals surface area contributed by atoms with Crippen molar-refractivity contribution in [2.24, 2.45) is 0 Å². The van der Waals surface area contributed by atoms with Crippen molar-refractivity contribution in [3.8, 4) is 0 Å². The van der Waals surface area contributed by atoms with E-state index in [1.54, 1.807) is 0 Å². The summed E-state index contributed by atoms with van der Waals surface area (Å²) in [6.45, 7) is 2.16. The fraction of sp³-hybridized carbons (Fsp3) is 0.429. The predicted octanol–water partition coefficient (Wildman–Crippen LogP) is 1.99. The summed E-state index contributed by atoms with van der Waals surface area (Å²) in [5, 5.41) is 1.69. The van der Waals surface area contributed by atoms with Crippen molar-refractivity contribution in [3.05, 3.63) is 23.8 Å². The monoisotopic (exact) mass is 124 g/mol. The van der Waals surface area contributed by atoms with Gasteiger partial charge in [-0.3, -0.25) is 0 Å². The van der Waals surface area contributed by atoms with E-state index < -0.39 is 0 Å². The van der Waals surface area contributed by atoms with E-state index in [9.17, 15) is 0 Å². The molecule has 1 aliphatic heterocycles. The van der Waals surface area contributed by atoms with Crippen molar-refractivity contribution < 1.29 is 0 Å². The third kappa shape index (κ3) is 0.618. The minimum absolute atomic E-state index is 0.846. The Balaban J connectivity index is 2.28. The van der Waals surface area contributed by atoms with Gasteiger partial charge < -0.3 is 0 Å². The molecular formula is C7H8S. The zero-order valence-corrected chi connectivity index (χ0v) is 5.61. The van der Waals surface area contributed by atoms with Crippen LogP contribution in [0.15, 0.2) is 23.8 Å². The number of allylic oxidation sites excluding steroid dienone is 2. The molecule has 2 unspecified atom stereocenters. The molecule has 1 fully saturated rings. The van der Waals surface area contributed by atoms with Gasteiger partial charge in [0.1, 0.15) is 0 Å². The van der Waals surface area contributed by atoms with E-state index in [2.05, 4.69) is 25.2 Å². The highest BCUT2D eigenvalue weighted by atomic mass is 32.2. The third-order valence-corrected chi connectivity index (χ3v) is 2.73. The molecule has 0 amide bonds. The second kappa shape index (κ2) is 1.41. The summed E-state index contributed by atoms with van der Waals surface area (Å²) >= 11 is 2.04. The largest absolute Gasteiger partial charge is 0.144 e. The van der Waals surface area contributed by atoms with Gasteiger partial charge >= 0.3 is 0 Å². The standard InChI is InChI=1S/C7H8S/c1-5-2-3-6-7(4-5)8-6/h2-4,6-7H,1H3. The lowest BCUT2D eigenvalue weighted by Crippen LogP contribution is -1.90. The molecule has 0 N–H and O–H groups in total. The molecule has 0 bridgehead atoms. The smallest absolute Gasteiger partial charge is 0.0393 e. The average Bonchev–Trinajstić information content (AvgIpc) is 2.43. The van der Waals surface area contributed by atoms with Gasteiger partial charge in [-0.15, -0.1) is 11.8 Å². The second-order valence-corrected chi connectivity index (χ2v) is 3.70. The molecule has 0 aromatic heterocycles. The van der Waals surface area contributed by atoms with Crippen LogP contribution in [0.3, 0.4) is 0 Å². The van der Waals surface area contributed by atoms with Crippen molar-refractivity contribution in [3.63, 3.8) is 0 Å². The first-order chi connectivity index (χ1) is 3.86. The van der Waals surface area contributed by atoms with Crippen LogP contribution >= 0.6 is 11.8 Å². The highest BCUT2D eigenvalue weighted by Gasteiger charge is 2.35. The molecule has 0 radical (unpaired) electrons. The third-order valence-electron chi connectivity index (χ3n) is 1.54. The first-order valence-electron chi connectivity index (χ1n) is 2.88. The van der Waals surface area contributed by atoms with E-state index in [1.165, 1.54) is 5.57 Å². The summed E-state index contributed by atoms with van der Waals surface area (Å²) in [5.41, 5.74) is 1.43. The Morgan fingerprint density at radius 1 is 1.50 bits per heavy atom. The average molecular weight is 124 g/mol. The highest BCUT2D eigenvalue weighted by Crippen LogP contribution is 2.45. The summed E-state index contributed by atoms with van der Waals surface area (Å²) < 4.78 is 0. The Kier molecular flexibility index (Phi) is 0.826. The Morgan fingerprint density at radius 2 is 2.38 bits per heavy atom. The van der Waals surface area contributed by atoms with Crippen LogP contribution in [0.5, 0.6) is 0 Å². The summed E-state index contributed by atoms with van der Waals surface area (Å²) in [6.07, 6.45) is 6.85. The minimum atomic E-state index is 0.846. The molecule has 42 valence electrons. The van der Waals surface area contributed by atoms with Gasteiger partial charge in [0.15, 0.2) is 0 Å². The zero-order valence-electron chi connectivity index (χ0n) is 4.79. The highest BCUT2D eigenvalue weighted by molar-refractivity contribution is 8.08. The van der Waals surface area contributed by atoms with Crippen LogP contribution in [0.25, 0.3) is 0 Å². The lowest BCUT2D eigenvalue weighted by atomic mass is 10.1. The van der Waals surface area contributed by atoms with Gasteiger partial charge in [0.2, 0.25) is 0 Å². The normalized spacial score (nSPS) is 40.9. The van der Waals surface area contributed by atoms with Crippen LogP contribution in [0.1, 0.15) is 6.92 Å². The molecule has 0 spiro atoms. The first kappa shape index (κ1) is 4.68. The number of thioether (sulfide) groups is 1. The topological polar surface area (TPSA) is 0 Å². The van der Waals surface area contributed by atoms with Gasteiger partial charge in [0.05, 0.1) is 0 Å². The summed E-state index contributed by atoms with van der Waals surface area (Å²) in [6, 6.07) is 0. The zero-order chi connectivity index (χ0) is 5.56. The van der Waals surface area contributed by atoms with Gasteiger partial charge in [-0.25, -0.2) is 0 Å². The molecule has 0 nitrogen and oxygen atoms in total. The fourth-order valence-corrected chi connectivity index (χ4v) is 1.89. The molecule has 0 aromatic carbocycles. The lowest BCUT2D eigenvalue weighted by Gasteiger charge is -1.94. The van der Waals surface area contributed by atoms with Crippen LogP contribution in [-0.2, 0) is 0 Å². The van der Waals surface area contributed by atoms with Gasteiger partial charge in [0, 0.05) is 10.5 Å². The predicted molar refractivity (Wildman–Crippen MR) is 38.1 cm³/mol. The summed E-state index contributed by atoms with van der Waals surface area (Å²) in [4.78, 5) is 0. The van der Waals surface area contributed by atoms with Gasteiger partial charge in [-0.2, -0.15) is 0 Å². The summed E-state index contributed by atoms with van der Waals surface area (Å²) in [5.74, 6) is 0. The van der Waals surface area contributed by atoms with E-state index in [0.717, 1.165) is 10.5 Å². The van der Waals surface area contributed by atoms with Gasteiger partial charge in [0.25, 0.3) is 0 Å². The molecule has 1 saturated heterocycles. The first-order valence-corrected chi connectivity index (χ1v) is 3.82. The lowest BCUT2D eigenvalue weighted by molar-refractivity contribution is 1.17. The maximum absolute atomic E-state index is 2.34. The fourth-order valence-electron chi connectivity index (χ4n) is 0.986. The molecule has 2 atom stereocenters. The molecule has 1 heterocycles. The van der Waals surface area contributed by atoms with Crippen molar-refractivity contribution in [1.29, 1.82) is 0 Å². The SMILES string of the molecule is CC1=CC2SC2C=C1. The van der Waals surface area contributed by atoms with E-state index in [1.807, 2.05) is 11.8 Å². The Bertz CT molecular complexity index is 167.